The summed E-state index contributed by atoms with van der Waals surface area (Å²) in [4.78, 5) is 27.1. The van der Waals surface area contributed by atoms with Gasteiger partial charge >= 0.3 is 24.3 Å². The van der Waals surface area contributed by atoms with Crippen LogP contribution in [0, 0.1) is 17.3 Å². The van der Waals surface area contributed by atoms with Gasteiger partial charge in [-0.25, -0.2) is 9.59 Å². The van der Waals surface area contributed by atoms with E-state index < -0.39 is 77.0 Å². The van der Waals surface area contributed by atoms with Crippen LogP contribution in [-0.2, 0) is 44.5 Å². The fourth-order valence-electron chi connectivity index (χ4n) is 7.88. The lowest BCUT2D eigenvalue weighted by molar-refractivity contribution is -0.279. The first-order valence-corrected chi connectivity index (χ1v) is 15.7. The molecule has 2 saturated carbocycles. The number of esters is 2. The van der Waals surface area contributed by atoms with Crippen LogP contribution in [0.25, 0.3) is 0 Å². The second kappa shape index (κ2) is 13.3. The van der Waals surface area contributed by atoms with Crippen LogP contribution in [0.1, 0.15) is 44.2 Å². The first kappa shape index (κ1) is 36.8. The Kier molecular flexibility index (Phi) is 10.0. The van der Waals surface area contributed by atoms with Crippen molar-refractivity contribution in [2.24, 2.45) is 17.3 Å². The molecule has 0 radical (unpaired) electrons. The number of ether oxygens (including phenoxy) is 5. The molecule has 0 amide bonds. The highest BCUT2D eigenvalue weighted by Crippen LogP contribution is 2.58. The lowest BCUT2D eigenvalue weighted by Crippen LogP contribution is -2.58. The van der Waals surface area contributed by atoms with E-state index in [4.69, 9.17) is 23.7 Å². The minimum Gasteiger partial charge on any atom is -0.458 e. The number of aliphatic hydroxyl groups excluding tert-OH is 1. The second-order valence-corrected chi connectivity index (χ2v) is 13.0. The number of rotatable bonds is 9. The number of carbonyl (C=O) groups is 2. The summed E-state index contributed by atoms with van der Waals surface area (Å²) < 4.78 is 115. The highest BCUT2D eigenvalue weighted by atomic mass is 19.4. The molecule has 0 saturated heterocycles. The molecule has 14 heteroatoms. The van der Waals surface area contributed by atoms with Crippen LogP contribution in [0.2, 0.25) is 0 Å². The molecule has 8 atom stereocenters. The smallest absolute Gasteiger partial charge is 0.432 e. The third-order valence-electron chi connectivity index (χ3n) is 10.6. The van der Waals surface area contributed by atoms with E-state index in [9.17, 15) is 41.0 Å². The van der Waals surface area contributed by atoms with Gasteiger partial charge in [-0.2, -0.15) is 26.3 Å². The molecule has 1 aliphatic heterocycles. The molecule has 2 aromatic carbocycles. The molecule has 0 aromatic heterocycles. The summed E-state index contributed by atoms with van der Waals surface area (Å²) in [5.74, 6) is -4.10. The molecular formula is C35H38F6O8. The van der Waals surface area contributed by atoms with Gasteiger partial charge in [0.15, 0.2) is 0 Å². The van der Waals surface area contributed by atoms with Crippen LogP contribution >= 0.6 is 0 Å². The zero-order valence-corrected chi connectivity index (χ0v) is 27.3. The second-order valence-electron chi connectivity index (χ2n) is 13.0. The largest absolute Gasteiger partial charge is 0.458 e. The van der Waals surface area contributed by atoms with Crippen LogP contribution < -0.4 is 0 Å². The fourth-order valence-corrected chi connectivity index (χ4v) is 7.88. The molecule has 1 N–H and O–H groups in total. The Morgan fingerprint density at radius 3 is 1.84 bits per heavy atom. The van der Waals surface area contributed by atoms with Gasteiger partial charge in [-0.15, -0.1) is 0 Å². The van der Waals surface area contributed by atoms with Crippen molar-refractivity contribution in [3.8, 4) is 0 Å². The van der Waals surface area contributed by atoms with E-state index in [1.165, 1.54) is 36.4 Å². The van der Waals surface area contributed by atoms with E-state index in [1.807, 2.05) is 13.8 Å². The summed E-state index contributed by atoms with van der Waals surface area (Å²) >= 11 is 0. The predicted octanol–water partition coefficient (Wildman–Crippen LogP) is 6.16. The quantitative estimate of drug-likeness (QED) is 0.189. The van der Waals surface area contributed by atoms with Crippen molar-refractivity contribution >= 4 is 11.9 Å². The normalized spacial score (nSPS) is 29.7. The van der Waals surface area contributed by atoms with Crippen LogP contribution in [0.15, 0.2) is 71.8 Å². The maximum atomic E-state index is 14.8. The Labute approximate surface area is 279 Å². The molecule has 1 heterocycles. The Bertz CT molecular complexity index is 1550. The van der Waals surface area contributed by atoms with Gasteiger partial charge in [0.2, 0.25) is 0 Å². The number of methoxy groups -OCH3 is 2. The molecule has 49 heavy (non-hydrogen) atoms. The minimum absolute atomic E-state index is 0.0305. The van der Waals surface area contributed by atoms with Crippen molar-refractivity contribution in [2.45, 2.75) is 75.0 Å². The van der Waals surface area contributed by atoms with Crippen molar-refractivity contribution in [1.29, 1.82) is 0 Å². The molecular weight excluding hydrogens is 662 g/mol. The van der Waals surface area contributed by atoms with Gasteiger partial charge in [-0.3, -0.25) is 0 Å². The zero-order valence-electron chi connectivity index (χ0n) is 27.3. The monoisotopic (exact) mass is 700 g/mol. The Balaban J connectivity index is 1.55. The number of alkyl halides is 6. The number of fused-ring (bicyclic) bond motifs is 3. The van der Waals surface area contributed by atoms with Crippen LogP contribution in [-0.4, -0.2) is 75.1 Å². The Morgan fingerprint density at radius 2 is 1.35 bits per heavy atom. The van der Waals surface area contributed by atoms with E-state index in [2.05, 4.69) is 0 Å². The van der Waals surface area contributed by atoms with E-state index in [0.717, 1.165) is 38.5 Å². The van der Waals surface area contributed by atoms with Crippen molar-refractivity contribution in [3.63, 3.8) is 0 Å². The summed E-state index contributed by atoms with van der Waals surface area (Å²) in [5.41, 5.74) is -8.41. The summed E-state index contributed by atoms with van der Waals surface area (Å²) in [6, 6.07) is 12.5. The lowest BCUT2D eigenvalue weighted by Gasteiger charge is -2.55. The fraction of sp³-hybridized carbons (Fsp3) is 0.543. The van der Waals surface area contributed by atoms with E-state index in [1.54, 1.807) is 0 Å². The molecule has 0 bridgehead atoms. The average Bonchev–Trinajstić information content (AvgIpc) is 3.48. The number of hydrogen-bond acceptors (Lipinski definition) is 8. The number of benzene rings is 2. The number of aliphatic hydroxyl groups is 1. The van der Waals surface area contributed by atoms with Crippen molar-refractivity contribution in [1.82, 2.24) is 0 Å². The number of halogens is 6. The summed E-state index contributed by atoms with van der Waals surface area (Å²) in [6.45, 7) is 2.79. The lowest BCUT2D eigenvalue weighted by atomic mass is 9.52. The van der Waals surface area contributed by atoms with Crippen molar-refractivity contribution < 1.29 is 64.7 Å². The molecule has 2 aliphatic carbocycles. The molecule has 8 nitrogen and oxygen atoms in total. The minimum atomic E-state index is -5.27. The van der Waals surface area contributed by atoms with E-state index >= 15 is 0 Å². The summed E-state index contributed by atoms with van der Waals surface area (Å²) in [7, 11) is 1.46. The van der Waals surface area contributed by atoms with Crippen molar-refractivity contribution in [2.75, 3.05) is 27.4 Å². The van der Waals surface area contributed by atoms with Crippen LogP contribution in [0.3, 0.4) is 0 Å². The molecule has 268 valence electrons. The third-order valence-corrected chi connectivity index (χ3v) is 10.6. The third kappa shape index (κ3) is 5.93. The van der Waals surface area contributed by atoms with Gasteiger partial charge in [0.1, 0.15) is 12.7 Å². The first-order valence-electron chi connectivity index (χ1n) is 15.7. The summed E-state index contributed by atoms with van der Waals surface area (Å²) in [5, 5.41) is 10.6. The van der Waals surface area contributed by atoms with Crippen LogP contribution in [0.5, 0.6) is 0 Å². The van der Waals surface area contributed by atoms with Gasteiger partial charge < -0.3 is 28.8 Å². The molecule has 0 unspecified atom stereocenters. The topological polar surface area (TPSA) is 101 Å². The van der Waals surface area contributed by atoms with E-state index in [0.29, 0.717) is 6.42 Å². The SMILES string of the molecule is CO[C@](C(=O)OCC1=C2[C@@H](OC(=O)[C@@](OC)(c3ccccc3)C(F)(F)F)C[C@H]3C[C@H](O)C[C@H](C)[C@@]3(C)[C@@H]2OC1)(c1ccccc1)C(F)(F)F. The average molecular weight is 701 g/mol. The number of carbonyl (C=O) groups excluding carboxylic acids is 2. The molecule has 3 aliphatic rings. The number of hydrogen-bond donors (Lipinski definition) is 1. The zero-order chi connectivity index (χ0) is 36.0. The van der Waals surface area contributed by atoms with Gasteiger partial charge in [0, 0.05) is 36.3 Å². The van der Waals surface area contributed by atoms with E-state index in [-0.39, 0.29) is 42.4 Å². The van der Waals surface area contributed by atoms with Crippen molar-refractivity contribution in [3.05, 3.63) is 82.9 Å². The van der Waals surface area contributed by atoms with Gasteiger partial charge in [-0.1, -0.05) is 74.5 Å². The van der Waals surface area contributed by atoms with Gasteiger partial charge in [-0.05, 0) is 36.7 Å². The Morgan fingerprint density at radius 1 is 0.837 bits per heavy atom. The first-order chi connectivity index (χ1) is 23.0. The predicted molar refractivity (Wildman–Crippen MR) is 161 cm³/mol. The van der Waals surface area contributed by atoms with Gasteiger partial charge in [0.25, 0.3) is 11.2 Å². The summed E-state index contributed by atoms with van der Waals surface area (Å²) in [6.07, 6.45) is -12.9. The van der Waals surface area contributed by atoms with Gasteiger partial charge in [0.05, 0.1) is 18.8 Å². The molecule has 2 fully saturated rings. The molecule has 0 spiro atoms. The standard InChI is InChI=1S/C35H38F6O8/c1-20-15-25(42)16-24-17-26(49-30(44)33(46-4,35(39,40)41)23-13-9-6-10-14-23)27-21(18-47-28(27)31(20,24)2)19-48-29(43)32(45-3,34(36,37)38)22-11-7-5-8-12-22/h5-14,20,24-26,28,42H,15-19H2,1-4H3/t20-,24+,25+,26-,28+,31+,32-,33-/m0/s1. The molecule has 2 aromatic rings. The maximum Gasteiger partial charge on any atom is 0.432 e. The van der Waals surface area contributed by atoms with Crippen LogP contribution in [0.4, 0.5) is 26.3 Å². The highest BCUT2D eigenvalue weighted by molar-refractivity contribution is 5.84. The highest BCUT2D eigenvalue weighted by Gasteiger charge is 2.67. The Hall–Kier alpha value is -3.46. The molecule has 5 rings (SSSR count). The maximum absolute atomic E-state index is 14.8.